The van der Waals surface area contributed by atoms with Gasteiger partial charge in [-0.05, 0) is 64.6 Å². The first kappa shape index (κ1) is 16.8. The third-order valence-corrected chi connectivity index (χ3v) is 3.53. The van der Waals surface area contributed by atoms with E-state index in [0.717, 1.165) is 29.3 Å². The first-order valence-corrected chi connectivity index (χ1v) is 8.09. The van der Waals surface area contributed by atoms with Gasteiger partial charge in [0.25, 0.3) is 0 Å². The Morgan fingerprint density at radius 1 is 1.32 bits per heavy atom. The van der Waals surface area contributed by atoms with Gasteiger partial charge in [0, 0.05) is 12.1 Å². The maximum atomic E-state index is 11.9. The van der Waals surface area contributed by atoms with Crippen molar-refractivity contribution < 1.29 is 9.53 Å². The summed E-state index contributed by atoms with van der Waals surface area (Å²) in [6.07, 6.45) is 2.59. The molecule has 22 heavy (non-hydrogen) atoms. The molecule has 1 aromatic carbocycles. The van der Waals surface area contributed by atoms with Gasteiger partial charge in [-0.1, -0.05) is 12.1 Å². The maximum Gasteiger partial charge on any atom is 0.234 e. The van der Waals surface area contributed by atoms with Gasteiger partial charge < -0.3 is 15.4 Å². The predicted molar refractivity (Wildman–Crippen MR) is 89.0 cm³/mol. The molecule has 4 nitrogen and oxygen atoms in total. The molecular formula is C18H28N2O2. The van der Waals surface area contributed by atoms with E-state index in [4.69, 9.17) is 4.74 Å². The summed E-state index contributed by atoms with van der Waals surface area (Å²) in [5.41, 5.74) is 1.91. The summed E-state index contributed by atoms with van der Waals surface area (Å²) >= 11 is 0. The van der Waals surface area contributed by atoms with Crippen molar-refractivity contribution in [1.82, 2.24) is 10.6 Å². The normalized spacial score (nSPS) is 14.7. The van der Waals surface area contributed by atoms with E-state index >= 15 is 0 Å². The van der Waals surface area contributed by atoms with E-state index in [0.29, 0.717) is 13.1 Å². The van der Waals surface area contributed by atoms with Crippen LogP contribution in [0.1, 0.15) is 44.7 Å². The van der Waals surface area contributed by atoms with Crippen molar-refractivity contribution in [3.63, 3.8) is 0 Å². The Bertz CT molecular complexity index is 516. The van der Waals surface area contributed by atoms with Crippen LogP contribution in [0.2, 0.25) is 0 Å². The lowest BCUT2D eigenvalue weighted by Gasteiger charge is -2.23. The molecule has 0 unspecified atom stereocenters. The van der Waals surface area contributed by atoms with Crippen molar-refractivity contribution in [3.8, 4) is 5.75 Å². The largest absolute Gasteiger partial charge is 0.488 e. The molecular weight excluding hydrogens is 276 g/mol. The van der Waals surface area contributed by atoms with Gasteiger partial charge in [-0.2, -0.15) is 0 Å². The van der Waals surface area contributed by atoms with E-state index in [1.165, 1.54) is 12.8 Å². The van der Waals surface area contributed by atoms with Gasteiger partial charge in [0.1, 0.15) is 11.4 Å². The number of hydrogen-bond acceptors (Lipinski definition) is 3. The van der Waals surface area contributed by atoms with Crippen LogP contribution in [0.25, 0.3) is 0 Å². The van der Waals surface area contributed by atoms with Crippen LogP contribution < -0.4 is 15.4 Å². The Morgan fingerprint density at radius 2 is 2.05 bits per heavy atom. The second-order valence-electron chi connectivity index (χ2n) is 7.18. The molecule has 0 spiro atoms. The molecule has 1 amide bonds. The number of carbonyl (C=O) groups excluding carboxylic acids is 1. The van der Waals surface area contributed by atoms with Crippen molar-refractivity contribution in [1.29, 1.82) is 0 Å². The summed E-state index contributed by atoms with van der Waals surface area (Å²) in [6, 6.07) is 6.09. The Kier molecular flexibility index (Phi) is 5.46. The van der Waals surface area contributed by atoms with E-state index in [-0.39, 0.29) is 11.5 Å². The van der Waals surface area contributed by atoms with E-state index in [1.807, 2.05) is 45.9 Å². The summed E-state index contributed by atoms with van der Waals surface area (Å²) in [6.45, 7) is 9.96. The third kappa shape index (κ3) is 6.06. The van der Waals surface area contributed by atoms with Gasteiger partial charge >= 0.3 is 0 Å². The van der Waals surface area contributed by atoms with Crippen LogP contribution in [0.3, 0.4) is 0 Å². The van der Waals surface area contributed by atoms with Crippen molar-refractivity contribution in [2.75, 3.05) is 13.1 Å². The molecule has 1 aliphatic carbocycles. The number of benzene rings is 1. The smallest absolute Gasteiger partial charge is 0.234 e. The lowest BCUT2D eigenvalue weighted by atomic mass is 10.1. The van der Waals surface area contributed by atoms with Gasteiger partial charge in [0.15, 0.2) is 0 Å². The standard InChI is InChI=1S/C18H28N2O2/c1-13-5-8-15(16(9-13)22-18(2,3)4)11-20-17(21)12-19-10-14-6-7-14/h5,8-9,14,19H,6-7,10-12H2,1-4H3,(H,20,21). The van der Waals surface area contributed by atoms with E-state index in [1.54, 1.807) is 0 Å². The molecule has 0 bridgehead atoms. The Hall–Kier alpha value is -1.55. The Balaban J connectivity index is 1.86. The zero-order valence-electron chi connectivity index (χ0n) is 14.2. The van der Waals surface area contributed by atoms with Crippen LogP contribution in [-0.4, -0.2) is 24.6 Å². The number of hydrogen-bond donors (Lipinski definition) is 2. The van der Waals surface area contributed by atoms with Gasteiger partial charge in [-0.15, -0.1) is 0 Å². The van der Waals surface area contributed by atoms with Crippen LogP contribution >= 0.6 is 0 Å². The minimum Gasteiger partial charge on any atom is -0.488 e. The number of amides is 1. The zero-order chi connectivity index (χ0) is 16.2. The molecule has 0 radical (unpaired) electrons. The van der Waals surface area contributed by atoms with Crippen LogP contribution in [-0.2, 0) is 11.3 Å². The Labute approximate surface area is 133 Å². The maximum absolute atomic E-state index is 11.9. The molecule has 1 aliphatic rings. The minimum atomic E-state index is -0.252. The van der Waals surface area contributed by atoms with E-state index in [2.05, 4.69) is 10.6 Å². The molecule has 4 heteroatoms. The molecule has 1 aromatic rings. The highest BCUT2D eigenvalue weighted by Gasteiger charge is 2.20. The van der Waals surface area contributed by atoms with Gasteiger partial charge in [-0.25, -0.2) is 0 Å². The lowest BCUT2D eigenvalue weighted by Crippen LogP contribution is -2.34. The van der Waals surface area contributed by atoms with Crippen LogP contribution in [0.4, 0.5) is 0 Å². The van der Waals surface area contributed by atoms with Gasteiger partial charge in [0.2, 0.25) is 5.91 Å². The fourth-order valence-corrected chi connectivity index (χ4v) is 2.20. The fourth-order valence-electron chi connectivity index (χ4n) is 2.20. The summed E-state index contributed by atoms with van der Waals surface area (Å²) in [5.74, 6) is 1.67. The molecule has 0 aromatic heterocycles. The van der Waals surface area contributed by atoms with E-state index in [9.17, 15) is 4.79 Å². The second kappa shape index (κ2) is 7.14. The SMILES string of the molecule is Cc1ccc(CNC(=O)CNCC2CC2)c(OC(C)(C)C)c1. The van der Waals surface area contributed by atoms with Crippen LogP contribution in [0.5, 0.6) is 5.75 Å². The number of nitrogens with one attached hydrogen (secondary N) is 2. The first-order chi connectivity index (χ1) is 10.3. The molecule has 0 atom stereocenters. The molecule has 122 valence electrons. The first-order valence-electron chi connectivity index (χ1n) is 8.09. The second-order valence-corrected chi connectivity index (χ2v) is 7.18. The summed E-state index contributed by atoms with van der Waals surface area (Å²) < 4.78 is 6.00. The van der Waals surface area contributed by atoms with Crippen LogP contribution in [0, 0.1) is 12.8 Å². The Morgan fingerprint density at radius 3 is 2.68 bits per heavy atom. The zero-order valence-corrected chi connectivity index (χ0v) is 14.2. The molecule has 0 heterocycles. The predicted octanol–water partition coefficient (Wildman–Crippen LogP) is 2.79. The molecule has 0 aliphatic heterocycles. The average Bonchev–Trinajstić information content (AvgIpc) is 3.20. The summed E-state index contributed by atoms with van der Waals surface area (Å²) in [7, 11) is 0. The molecule has 0 saturated heterocycles. The minimum absolute atomic E-state index is 0.0305. The lowest BCUT2D eigenvalue weighted by molar-refractivity contribution is -0.120. The summed E-state index contributed by atoms with van der Waals surface area (Å²) in [5, 5.41) is 6.16. The van der Waals surface area contributed by atoms with Crippen molar-refractivity contribution >= 4 is 5.91 Å². The summed E-state index contributed by atoms with van der Waals surface area (Å²) in [4.78, 5) is 11.9. The molecule has 1 fully saturated rings. The van der Waals surface area contributed by atoms with Crippen molar-refractivity contribution in [2.24, 2.45) is 5.92 Å². The third-order valence-electron chi connectivity index (χ3n) is 3.53. The highest BCUT2D eigenvalue weighted by Crippen LogP contribution is 2.27. The van der Waals surface area contributed by atoms with Crippen LogP contribution in [0.15, 0.2) is 18.2 Å². The molecule has 2 N–H and O–H groups in total. The average molecular weight is 304 g/mol. The number of aryl methyl sites for hydroxylation is 1. The topological polar surface area (TPSA) is 50.4 Å². The number of ether oxygens (including phenoxy) is 1. The molecule has 1 saturated carbocycles. The fraction of sp³-hybridized carbons (Fsp3) is 0.611. The highest BCUT2D eigenvalue weighted by molar-refractivity contribution is 5.78. The number of carbonyl (C=O) groups is 1. The highest BCUT2D eigenvalue weighted by atomic mass is 16.5. The van der Waals surface area contributed by atoms with Gasteiger partial charge in [0.05, 0.1) is 6.54 Å². The number of rotatable bonds is 7. The van der Waals surface area contributed by atoms with Crippen molar-refractivity contribution in [2.45, 2.75) is 52.7 Å². The van der Waals surface area contributed by atoms with E-state index < -0.39 is 0 Å². The quantitative estimate of drug-likeness (QED) is 0.814. The van der Waals surface area contributed by atoms with Gasteiger partial charge in [-0.3, -0.25) is 4.79 Å². The monoisotopic (exact) mass is 304 g/mol. The molecule has 2 rings (SSSR count). The van der Waals surface area contributed by atoms with Crippen molar-refractivity contribution in [3.05, 3.63) is 29.3 Å².